The Morgan fingerprint density at radius 1 is 1.19 bits per heavy atom. The molecule has 6 heteroatoms. The Kier molecular flexibility index (Phi) is 5.37. The van der Waals surface area contributed by atoms with Gasteiger partial charge in [-0.15, -0.1) is 0 Å². The van der Waals surface area contributed by atoms with Gasteiger partial charge in [0.25, 0.3) is 0 Å². The van der Waals surface area contributed by atoms with Crippen molar-refractivity contribution in [3.05, 3.63) is 58.5 Å². The Hall–Kier alpha value is -2.60. The second-order valence-electron chi connectivity index (χ2n) is 7.16. The molecule has 1 aromatic heterocycles. The molecule has 3 rings (SSSR count). The van der Waals surface area contributed by atoms with Gasteiger partial charge in [-0.25, -0.2) is 4.79 Å². The fraction of sp³-hybridized carbons (Fsp3) is 0.429. The maximum absolute atomic E-state index is 13.5. The van der Waals surface area contributed by atoms with E-state index in [-0.39, 0.29) is 18.0 Å². The normalized spacial score (nSPS) is 16.1. The number of ether oxygens (including phenoxy) is 1. The summed E-state index contributed by atoms with van der Waals surface area (Å²) in [6, 6.07) is 9.47. The van der Waals surface area contributed by atoms with Gasteiger partial charge in [0.15, 0.2) is 0 Å². The number of aromatic carboxylic acids is 1. The van der Waals surface area contributed by atoms with Crippen LogP contribution in [0.4, 0.5) is 0 Å². The van der Waals surface area contributed by atoms with E-state index >= 15 is 0 Å². The molecule has 2 heterocycles. The van der Waals surface area contributed by atoms with Crippen molar-refractivity contribution >= 4 is 11.9 Å². The maximum Gasteiger partial charge on any atom is 0.339 e. The lowest BCUT2D eigenvalue weighted by Crippen LogP contribution is -2.48. The summed E-state index contributed by atoms with van der Waals surface area (Å²) in [5.41, 5.74) is 1.62. The van der Waals surface area contributed by atoms with Crippen LogP contribution in [0.15, 0.2) is 34.7 Å². The molecular formula is C21H25NO5. The minimum Gasteiger partial charge on any atom is -0.478 e. The highest BCUT2D eigenvalue weighted by Crippen LogP contribution is 2.38. The lowest BCUT2D eigenvalue weighted by atomic mass is 9.71. The molecule has 0 bridgehead atoms. The highest BCUT2D eigenvalue weighted by molar-refractivity contribution is 5.89. The van der Waals surface area contributed by atoms with Gasteiger partial charge < -0.3 is 19.2 Å². The zero-order chi connectivity index (χ0) is 19.6. The van der Waals surface area contributed by atoms with E-state index in [0.717, 1.165) is 11.1 Å². The Labute approximate surface area is 158 Å². The topological polar surface area (TPSA) is 80.0 Å². The number of aryl methyl sites for hydroxylation is 2. The Bertz CT molecular complexity index is 848. The molecule has 0 spiro atoms. The van der Waals surface area contributed by atoms with E-state index in [1.165, 1.54) is 6.07 Å². The molecule has 0 aliphatic carbocycles. The first-order valence-electron chi connectivity index (χ1n) is 9.07. The van der Waals surface area contributed by atoms with Gasteiger partial charge in [-0.05, 0) is 43.9 Å². The number of carboxylic acid groups (broad SMARTS) is 1. The number of carboxylic acids is 1. The third-order valence-electron chi connectivity index (χ3n) is 5.36. The van der Waals surface area contributed by atoms with Crippen LogP contribution < -0.4 is 0 Å². The van der Waals surface area contributed by atoms with Crippen LogP contribution in [0, 0.1) is 13.8 Å². The first-order valence-corrected chi connectivity index (χ1v) is 9.07. The van der Waals surface area contributed by atoms with Crippen LogP contribution in [0.25, 0.3) is 0 Å². The number of hydrogen-bond donors (Lipinski definition) is 1. The summed E-state index contributed by atoms with van der Waals surface area (Å²) in [7, 11) is 1.73. The molecule has 6 nitrogen and oxygen atoms in total. The Morgan fingerprint density at radius 2 is 1.85 bits per heavy atom. The van der Waals surface area contributed by atoms with Crippen molar-refractivity contribution in [2.45, 2.75) is 38.6 Å². The SMILES string of the molecule is Cc1ccccc1C1(C(=O)N(C)Cc2cc(C(=O)O)c(C)o2)CCOCC1. The number of furan rings is 1. The fourth-order valence-corrected chi connectivity index (χ4v) is 3.93. The van der Waals surface area contributed by atoms with E-state index in [2.05, 4.69) is 0 Å². The van der Waals surface area contributed by atoms with Crippen LogP contribution in [0.2, 0.25) is 0 Å². The average molecular weight is 371 g/mol. The number of nitrogens with zero attached hydrogens (tertiary/aromatic N) is 1. The molecule has 27 heavy (non-hydrogen) atoms. The van der Waals surface area contributed by atoms with Gasteiger partial charge in [-0.1, -0.05) is 24.3 Å². The summed E-state index contributed by atoms with van der Waals surface area (Å²) < 4.78 is 11.1. The largest absolute Gasteiger partial charge is 0.478 e. The summed E-state index contributed by atoms with van der Waals surface area (Å²) in [5.74, 6) is -0.214. The van der Waals surface area contributed by atoms with Crippen LogP contribution >= 0.6 is 0 Å². The van der Waals surface area contributed by atoms with Gasteiger partial charge in [-0.3, -0.25) is 4.79 Å². The van der Waals surface area contributed by atoms with Gasteiger partial charge in [0.2, 0.25) is 5.91 Å². The van der Waals surface area contributed by atoms with Gasteiger partial charge in [0, 0.05) is 20.3 Å². The van der Waals surface area contributed by atoms with Crippen LogP contribution in [0.1, 0.15) is 45.8 Å². The lowest BCUT2D eigenvalue weighted by molar-refractivity contribution is -0.140. The van der Waals surface area contributed by atoms with Crippen molar-refractivity contribution in [3.63, 3.8) is 0 Å². The first kappa shape index (κ1) is 19.2. The third kappa shape index (κ3) is 3.62. The minimum absolute atomic E-state index is 0.00558. The van der Waals surface area contributed by atoms with Crippen molar-refractivity contribution < 1.29 is 23.8 Å². The highest BCUT2D eigenvalue weighted by Gasteiger charge is 2.44. The highest BCUT2D eigenvalue weighted by atomic mass is 16.5. The van der Waals surface area contributed by atoms with Crippen LogP contribution in [0.3, 0.4) is 0 Å². The minimum atomic E-state index is -1.03. The molecule has 1 fully saturated rings. The van der Waals surface area contributed by atoms with Gasteiger partial charge in [0.05, 0.1) is 12.0 Å². The smallest absolute Gasteiger partial charge is 0.339 e. The van der Waals surface area contributed by atoms with Crippen LogP contribution in [-0.4, -0.2) is 42.1 Å². The quantitative estimate of drug-likeness (QED) is 0.872. The maximum atomic E-state index is 13.5. The molecule has 1 amide bonds. The molecule has 1 N–H and O–H groups in total. The van der Waals surface area contributed by atoms with E-state index in [4.69, 9.17) is 9.15 Å². The fourth-order valence-electron chi connectivity index (χ4n) is 3.93. The molecule has 0 saturated carbocycles. The second kappa shape index (κ2) is 7.56. The lowest BCUT2D eigenvalue weighted by Gasteiger charge is -2.39. The van der Waals surface area contributed by atoms with Crippen molar-refractivity contribution in [1.82, 2.24) is 4.90 Å². The van der Waals surface area contributed by atoms with Gasteiger partial charge >= 0.3 is 5.97 Å². The molecule has 1 aliphatic heterocycles. The molecule has 1 aromatic carbocycles. The number of amides is 1. The first-order chi connectivity index (χ1) is 12.8. The number of carbonyl (C=O) groups is 2. The zero-order valence-electron chi connectivity index (χ0n) is 15.9. The van der Waals surface area contributed by atoms with Crippen LogP contribution in [-0.2, 0) is 21.5 Å². The van der Waals surface area contributed by atoms with E-state index in [1.807, 2.05) is 31.2 Å². The summed E-state index contributed by atoms with van der Waals surface area (Å²) >= 11 is 0. The third-order valence-corrected chi connectivity index (χ3v) is 5.36. The van der Waals surface area contributed by atoms with E-state index in [9.17, 15) is 14.7 Å². The molecule has 144 valence electrons. The second-order valence-corrected chi connectivity index (χ2v) is 7.16. The Morgan fingerprint density at radius 3 is 2.44 bits per heavy atom. The molecular weight excluding hydrogens is 346 g/mol. The average Bonchev–Trinajstić information content (AvgIpc) is 3.02. The summed E-state index contributed by atoms with van der Waals surface area (Å²) in [5, 5.41) is 9.19. The molecule has 2 aromatic rings. The van der Waals surface area contributed by atoms with Crippen LogP contribution in [0.5, 0.6) is 0 Å². The number of hydrogen-bond acceptors (Lipinski definition) is 4. The standard InChI is InChI=1S/C21H25NO5/c1-14-6-4-5-7-18(14)21(8-10-26-11-9-21)20(25)22(3)13-16-12-17(19(23)24)15(2)27-16/h4-7,12H,8-11,13H2,1-3H3,(H,23,24). The predicted molar refractivity (Wildman–Crippen MR) is 99.8 cm³/mol. The molecule has 0 radical (unpaired) electrons. The number of rotatable bonds is 5. The van der Waals surface area contributed by atoms with Crippen molar-refractivity contribution in [1.29, 1.82) is 0 Å². The van der Waals surface area contributed by atoms with Crippen molar-refractivity contribution in [3.8, 4) is 0 Å². The van der Waals surface area contributed by atoms with E-state index < -0.39 is 11.4 Å². The van der Waals surface area contributed by atoms with Crippen molar-refractivity contribution in [2.75, 3.05) is 20.3 Å². The number of carbonyl (C=O) groups excluding carboxylic acids is 1. The van der Waals surface area contributed by atoms with Gasteiger partial charge in [-0.2, -0.15) is 0 Å². The number of likely N-dealkylation sites (N-methyl/N-ethyl adjacent to an activating group) is 1. The summed E-state index contributed by atoms with van der Waals surface area (Å²) in [4.78, 5) is 26.4. The molecule has 0 unspecified atom stereocenters. The van der Waals surface area contributed by atoms with Gasteiger partial charge in [0.1, 0.15) is 17.1 Å². The van der Waals surface area contributed by atoms with E-state index in [0.29, 0.717) is 37.6 Å². The Balaban J connectivity index is 1.89. The number of benzene rings is 1. The van der Waals surface area contributed by atoms with Crippen molar-refractivity contribution in [2.24, 2.45) is 0 Å². The summed E-state index contributed by atoms with van der Waals surface area (Å²) in [6.45, 7) is 4.94. The monoisotopic (exact) mass is 371 g/mol. The predicted octanol–water partition coefficient (Wildman–Crippen LogP) is 3.30. The molecule has 1 saturated heterocycles. The zero-order valence-corrected chi connectivity index (χ0v) is 15.9. The summed E-state index contributed by atoms with van der Waals surface area (Å²) in [6.07, 6.45) is 1.25. The molecule has 1 aliphatic rings. The van der Waals surface area contributed by atoms with E-state index in [1.54, 1.807) is 18.9 Å². The molecule has 0 atom stereocenters.